The number of aliphatic hydroxyl groups is 1. The quantitative estimate of drug-likeness (QED) is 0.584. The van der Waals surface area contributed by atoms with E-state index >= 15 is 0 Å². The molecule has 1 fully saturated rings. The molecule has 0 aliphatic heterocycles. The molecular weight excluding hydrogens is 230 g/mol. The van der Waals surface area contributed by atoms with Crippen molar-refractivity contribution in [2.75, 3.05) is 13.1 Å². The summed E-state index contributed by atoms with van der Waals surface area (Å²) in [6.07, 6.45) is 5.51. The third-order valence-corrected chi connectivity index (χ3v) is 3.16. The zero-order valence-electron chi connectivity index (χ0n) is 11.9. The van der Waals surface area contributed by atoms with Crippen molar-refractivity contribution in [3.8, 4) is 0 Å². The lowest BCUT2D eigenvalue weighted by Gasteiger charge is -2.32. The minimum atomic E-state index is -0.563. The van der Waals surface area contributed by atoms with Gasteiger partial charge in [-0.3, -0.25) is 4.79 Å². The Labute approximate surface area is 110 Å². The molecule has 0 saturated heterocycles. The maximum Gasteiger partial charge on any atom is 0.307 e. The molecule has 0 bridgehead atoms. The van der Waals surface area contributed by atoms with Gasteiger partial charge in [-0.15, -0.1) is 0 Å². The van der Waals surface area contributed by atoms with Crippen LogP contribution in [0.5, 0.6) is 0 Å². The van der Waals surface area contributed by atoms with E-state index in [4.69, 9.17) is 4.74 Å². The Bertz CT molecular complexity index is 265. The Morgan fingerprint density at radius 3 is 2.44 bits per heavy atom. The van der Waals surface area contributed by atoms with E-state index in [-0.39, 0.29) is 5.97 Å². The van der Waals surface area contributed by atoms with Crippen molar-refractivity contribution >= 4 is 5.97 Å². The van der Waals surface area contributed by atoms with Crippen LogP contribution in [0.15, 0.2) is 0 Å². The number of carbonyl (C=O) groups excluding carboxylic acids is 1. The van der Waals surface area contributed by atoms with Crippen LogP contribution < -0.4 is 5.32 Å². The van der Waals surface area contributed by atoms with E-state index < -0.39 is 11.2 Å². The summed E-state index contributed by atoms with van der Waals surface area (Å²) in [6, 6.07) is 0. The summed E-state index contributed by atoms with van der Waals surface area (Å²) >= 11 is 0. The lowest BCUT2D eigenvalue weighted by atomic mass is 9.85. The molecule has 1 aliphatic rings. The second-order valence-electron chi connectivity index (χ2n) is 6.30. The Hall–Kier alpha value is -0.610. The molecule has 0 heterocycles. The number of esters is 1. The Balaban J connectivity index is 2.12. The van der Waals surface area contributed by atoms with Crippen LogP contribution in [0.1, 0.15) is 59.3 Å². The van der Waals surface area contributed by atoms with Crippen LogP contribution in [0.4, 0.5) is 0 Å². The van der Waals surface area contributed by atoms with Gasteiger partial charge in [0, 0.05) is 13.1 Å². The van der Waals surface area contributed by atoms with Crippen LogP contribution in [0.2, 0.25) is 0 Å². The van der Waals surface area contributed by atoms with Crippen molar-refractivity contribution in [1.82, 2.24) is 5.32 Å². The fourth-order valence-corrected chi connectivity index (χ4v) is 2.29. The Morgan fingerprint density at radius 1 is 1.28 bits per heavy atom. The average Bonchev–Trinajstić information content (AvgIpc) is 2.23. The van der Waals surface area contributed by atoms with Gasteiger partial charge in [0.05, 0.1) is 12.0 Å². The van der Waals surface area contributed by atoms with Gasteiger partial charge in [0.15, 0.2) is 0 Å². The van der Waals surface area contributed by atoms with E-state index in [1.807, 2.05) is 20.8 Å². The highest BCUT2D eigenvalue weighted by Crippen LogP contribution is 2.27. The largest absolute Gasteiger partial charge is 0.460 e. The molecule has 1 saturated carbocycles. The summed E-state index contributed by atoms with van der Waals surface area (Å²) in [4.78, 5) is 11.5. The molecule has 0 aromatic rings. The molecular formula is C14H27NO3. The third kappa shape index (κ3) is 6.36. The maximum atomic E-state index is 11.5. The van der Waals surface area contributed by atoms with Gasteiger partial charge in [-0.2, -0.15) is 0 Å². The van der Waals surface area contributed by atoms with Gasteiger partial charge in [-0.05, 0) is 33.6 Å². The molecule has 0 aromatic carbocycles. The Morgan fingerprint density at radius 2 is 1.89 bits per heavy atom. The molecule has 0 atom stereocenters. The van der Waals surface area contributed by atoms with E-state index in [1.165, 1.54) is 6.42 Å². The molecule has 106 valence electrons. The summed E-state index contributed by atoms with van der Waals surface area (Å²) in [6.45, 7) is 6.74. The van der Waals surface area contributed by atoms with E-state index in [0.29, 0.717) is 19.5 Å². The summed E-state index contributed by atoms with van der Waals surface area (Å²) < 4.78 is 5.21. The zero-order chi connectivity index (χ0) is 13.6. The number of hydrogen-bond acceptors (Lipinski definition) is 4. The lowest BCUT2D eigenvalue weighted by molar-refractivity contribution is -0.154. The summed E-state index contributed by atoms with van der Waals surface area (Å²) in [5.74, 6) is -0.189. The second-order valence-corrected chi connectivity index (χ2v) is 6.30. The lowest BCUT2D eigenvalue weighted by Crippen LogP contribution is -2.42. The topological polar surface area (TPSA) is 58.6 Å². The average molecular weight is 257 g/mol. The molecule has 4 nitrogen and oxygen atoms in total. The molecule has 0 radical (unpaired) electrons. The van der Waals surface area contributed by atoms with Crippen molar-refractivity contribution in [3.63, 3.8) is 0 Å². The first-order chi connectivity index (χ1) is 8.31. The highest BCUT2D eigenvalue weighted by atomic mass is 16.6. The summed E-state index contributed by atoms with van der Waals surface area (Å²) in [5, 5.41) is 13.4. The minimum absolute atomic E-state index is 0.189. The molecule has 18 heavy (non-hydrogen) atoms. The van der Waals surface area contributed by atoms with Crippen molar-refractivity contribution < 1.29 is 14.6 Å². The van der Waals surface area contributed by atoms with Crippen molar-refractivity contribution in [2.45, 2.75) is 70.5 Å². The van der Waals surface area contributed by atoms with E-state index in [9.17, 15) is 9.90 Å². The van der Waals surface area contributed by atoms with E-state index in [0.717, 1.165) is 25.7 Å². The van der Waals surface area contributed by atoms with Gasteiger partial charge in [0.2, 0.25) is 0 Å². The van der Waals surface area contributed by atoms with Gasteiger partial charge >= 0.3 is 5.97 Å². The third-order valence-electron chi connectivity index (χ3n) is 3.16. The number of rotatable bonds is 5. The standard InChI is InChI=1S/C14H27NO3/c1-13(2,3)18-12(16)7-10-15-11-14(17)8-5-4-6-9-14/h15,17H,4-11H2,1-3H3. The monoisotopic (exact) mass is 257 g/mol. The predicted molar refractivity (Wildman–Crippen MR) is 71.4 cm³/mol. The normalized spacial score (nSPS) is 19.6. The van der Waals surface area contributed by atoms with Gasteiger partial charge in [0.25, 0.3) is 0 Å². The zero-order valence-corrected chi connectivity index (χ0v) is 11.9. The molecule has 0 amide bonds. The number of carbonyl (C=O) groups is 1. The molecule has 4 heteroatoms. The molecule has 0 spiro atoms. The fourth-order valence-electron chi connectivity index (χ4n) is 2.29. The van der Waals surface area contributed by atoms with Crippen LogP contribution in [0.3, 0.4) is 0 Å². The van der Waals surface area contributed by atoms with Gasteiger partial charge in [-0.25, -0.2) is 0 Å². The van der Waals surface area contributed by atoms with E-state index in [2.05, 4.69) is 5.32 Å². The number of ether oxygens (including phenoxy) is 1. The molecule has 1 rings (SSSR count). The smallest absolute Gasteiger partial charge is 0.307 e. The van der Waals surface area contributed by atoms with Crippen LogP contribution in [-0.2, 0) is 9.53 Å². The highest BCUT2D eigenvalue weighted by Gasteiger charge is 2.28. The van der Waals surface area contributed by atoms with Crippen LogP contribution in [-0.4, -0.2) is 35.4 Å². The molecule has 0 unspecified atom stereocenters. The minimum Gasteiger partial charge on any atom is -0.460 e. The van der Waals surface area contributed by atoms with Crippen molar-refractivity contribution in [3.05, 3.63) is 0 Å². The summed E-state index contributed by atoms with van der Waals surface area (Å²) in [7, 11) is 0. The van der Waals surface area contributed by atoms with Crippen molar-refractivity contribution in [2.24, 2.45) is 0 Å². The number of hydrogen-bond donors (Lipinski definition) is 2. The van der Waals surface area contributed by atoms with Crippen LogP contribution >= 0.6 is 0 Å². The summed E-state index contributed by atoms with van der Waals surface area (Å²) in [5.41, 5.74) is -0.981. The predicted octanol–water partition coefficient (Wildman–Crippen LogP) is 2.00. The first-order valence-corrected chi connectivity index (χ1v) is 6.96. The fraction of sp³-hybridized carbons (Fsp3) is 0.929. The second kappa shape index (κ2) is 6.53. The first-order valence-electron chi connectivity index (χ1n) is 6.96. The maximum absolute atomic E-state index is 11.5. The van der Waals surface area contributed by atoms with E-state index in [1.54, 1.807) is 0 Å². The van der Waals surface area contributed by atoms with Crippen LogP contribution in [0.25, 0.3) is 0 Å². The highest BCUT2D eigenvalue weighted by molar-refractivity contribution is 5.70. The molecule has 2 N–H and O–H groups in total. The SMILES string of the molecule is CC(C)(C)OC(=O)CCNCC1(O)CCCCC1. The van der Waals surface area contributed by atoms with Crippen LogP contribution in [0, 0.1) is 0 Å². The first kappa shape index (κ1) is 15.4. The van der Waals surface area contributed by atoms with Gasteiger partial charge < -0.3 is 15.2 Å². The van der Waals surface area contributed by atoms with Gasteiger partial charge in [0.1, 0.15) is 5.60 Å². The van der Waals surface area contributed by atoms with Crippen molar-refractivity contribution in [1.29, 1.82) is 0 Å². The number of nitrogens with one attached hydrogen (secondary N) is 1. The molecule has 1 aliphatic carbocycles. The Kier molecular flexibility index (Phi) is 5.60. The molecule has 0 aromatic heterocycles. The van der Waals surface area contributed by atoms with Gasteiger partial charge in [-0.1, -0.05) is 19.3 Å².